The predicted octanol–water partition coefficient (Wildman–Crippen LogP) is 2.05. The van der Waals surface area contributed by atoms with Crippen molar-refractivity contribution in [2.45, 2.75) is 77.3 Å². The summed E-state index contributed by atoms with van der Waals surface area (Å²) in [5, 5.41) is 3.04. The molecule has 3 unspecified atom stereocenters. The van der Waals surface area contributed by atoms with Gasteiger partial charge in [0, 0.05) is 37.5 Å². The third-order valence-electron chi connectivity index (χ3n) is 5.40. The zero-order chi connectivity index (χ0) is 16.8. The van der Waals surface area contributed by atoms with E-state index in [0.717, 1.165) is 51.6 Å². The van der Waals surface area contributed by atoms with Crippen molar-refractivity contribution < 1.29 is 9.59 Å². The largest absolute Gasteiger partial charge is 0.353 e. The van der Waals surface area contributed by atoms with E-state index in [9.17, 15) is 9.59 Å². The van der Waals surface area contributed by atoms with Crippen molar-refractivity contribution in [3.05, 3.63) is 0 Å². The number of nitrogens with one attached hydrogen (secondary N) is 1. The van der Waals surface area contributed by atoms with E-state index in [1.54, 1.807) is 0 Å². The highest BCUT2D eigenvalue weighted by molar-refractivity contribution is 5.81. The first-order chi connectivity index (χ1) is 11.0. The fourth-order valence-corrected chi connectivity index (χ4v) is 3.83. The summed E-state index contributed by atoms with van der Waals surface area (Å²) in [5.74, 6) is 0.836. The second-order valence-electron chi connectivity index (χ2n) is 7.55. The van der Waals surface area contributed by atoms with Gasteiger partial charge in [-0.15, -0.1) is 0 Å². The van der Waals surface area contributed by atoms with Gasteiger partial charge in [-0.3, -0.25) is 9.59 Å². The van der Waals surface area contributed by atoms with Crippen LogP contribution in [-0.4, -0.2) is 41.9 Å². The monoisotopic (exact) mass is 323 g/mol. The van der Waals surface area contributed by atoms with E-state index in [2.05, 4.69) is 5.32 Å². The lowest BCUT2D eigenvalue weighted by molar-refractivity contribution is -0.134. The van der Waals surface area contributed by atoms with Crippen LogP contribution in [0.3, 0.4) is 0 Å². The van der Waals surface area contributed by atoms with Crippen LogP contribution in [0.25, 0.3) is 0 Å². The molecule has 23 heavy (non-hydrogen) atoms. The van der Waals surface area contributed by atoms with Crippen molar-refractivity contribution >= 4 is 11.8 Å². The molecule has 5 heteroatoms. The summed E-state index contributed by atoms with van der Waals surface area (Å²) in [4.78, 5) is 26.7. The number of carbonyl (C=O) groups excluding carboxylic acids is 2. The molecule has 0 aromatic heterocycles. The van der Waals surface area contributed by atoms with Gasteiger partial charge in [0.1, 0.15) is 0 Å². The Morgan fingerprint density at radius 3 is 2.48 bits per heavy atom. The molecule has 0 radical (unpaired) electrons. The number of piperidine rings is 1. The summed E-state index contributed by atoms with van der Waals surface area (Å²) < 4.78 is 0. The van der Waals surface area contributed by atoms with Crippen molar-refractivity contribution in [1.82, 2.24) is 10.2 Å². The number of hydrogen-bond acceptors (Lipinski definition) is 3. The molecule has 3 N–H and O–H groups in total. The third kappa shape index (κ3) is 5.48. The minimum Gasteiger partial charge on any atom is -0.353 e. The van der Waals surface area contributed by atoms with Gasteiger partial charge in [-0.2, -0.15) is 0 Å². The minimum atomic E-state index is -0.0902. The van der Waals surface area contributed by atoms with Gasteiger partial charge in [0.05, 0.1) is 0 Å². The highest BCUT2D eigenvalue weighted by atomic mass is 16.2. The first-order valence-corrected chi connectivity index (χ1v) is 9.31. The Balaban J connectivity index is 1.76. The Kier molecular flexibility index (Phi) is 6.88. The lowest BCUT2D eigenvalue weighted by Crippen LogP contribution is -2.47. The van der Waals surface area contributed by atoms with Gasteiger partial charge in [-0.25, -0.2) is 0 Å². The Hall–Kier alpha value is -1.10. The van der Waals surface area contributed by atoms with Crippen molar-refractivity contribution in [2.75, 3.05) is 13.1 Å². The van der Waals surface area contributed by atoms with Gasteiger partial charge < -0.3 is 16.0 Å². The second-order valence-corrected chi connectivity index (χ2v) is 7.55. The summed E-state index contributed by atoms with van der Waals surface area (Å²) in [5.41, 5.74) is 5.98. The van der Waals surface area contributed by atoms with Crippen LogP contribution in [0.5, 0.6) is 0 Å². The van der Waals surface area contributed by atoms with Crippen molar-refractivity contribution in [2.24, 2.45) is 17.6 Å². The smallest absolute Gasteiger partial charge is 0.224 e. The first-order valence-electron chi connectivity index (χ1n) is 9.31. The minimum absolute atomic E-state index is 0.0902. The quantitative estimate of drug-likeness (QED) is 0.813. The molecule has 0 spiro atoms. The van der Waals surface area contributed by atoms with Crippen molar-refractivity contribution in [3.63, 3.8) is 0 Å². The number of rotatable bonds is 5. The summed E-state index contributed by atoms with van der Waals surface area (Å²) in [6.07, 6.45) is 8.06. The normalized spacial score (nSPS) is 25.7. The molecule has 1 aliphatic heterocycles. The van der Waals surface area contributed by atoms with Crippen molar-refractivity contribution in [1.29, 1.82) is 0 Å². The molecular formula is C18H33N3O2. The fourth-order valence-electron chi connectivity index (χ4n) is 3.83. The molecule has 0 aromatic carbocycles. The molecule has 2 aliphatic rings. The molecule has 1 aliphatic carbocycles. The highest BCUT2D eigenvalue weighted by Crippen LogP contribution is 2.24. The molecule has 1 saturated heterocycles. The number of likely N-dealkylation sites (tertiary alicyclic amines) is 1. The maximum Gasteiger partial charge on any atom is 0.224 e. The molecular weight excluding hydrogens is 290 g/mol. The highest BCUT2D eigenvalue weighted by Gasteiger charge is 2.27. The van der Waals surface area contributed by atoms with E-state index >= 15 is 0 Å². The predicted molar refractivity (Wildman–Crippen MR) is 91.8 cm³/mol. The molecule has 0 aromatic rings. The van der Waals surface area contributed by atoms with E-state index in [1.807, 2.05) is 18.7 Å². The average molecular weight is 323 g/mol. The molecule has 2 fully saturated rings. The van der Waals surface area contributed by atoms with Crippen LogP contribution in [0, 0.1) is 11.8 Å². The number of nitrogens with zero attached hydrogens (tertiary/aromatic N) is 1. The maximum atomic E-state index is 12.5. The van der Waals surface area contributed by atoms with Gasteiger partial charge in [-0.1, -0.05) is 19.3 Å². The first kappa shape index (κ1) is 18.2. The average Bonchev–Trinajstić information content (AvgIpc) is 2.55. The summed E-state index contributed by atoms with van der Waals surface area (Å²) >= 11 is 0. The van der Waals surface area contributed by atoms with E-state index in [4.69, 9.17) is 5.73 Å². The molecule has 2 amide bonds. The van der Waals surface area contributed by atoms with Crippen LogP contribution in [0.4, 0.5) is 0 Å². The Morgan fingerprint density at radius 1 is 1.13 bits per heavy atom. The molecule has 3 atom stereocenters. The van der Waals surface area contributed by atoms with E-state index in [0.29, 0.717) is 12.3 Å². The van der Waals surface area contributed by atoms with Gasteiger partial charge in [0.25, 0.3) is 0 Å². The van der Waals surface area contributed by atoms with E-state index < -0.39 is 0 Å². The SMILES string of the molecule is CC(CC(=O)N1CCCC(C(C)N)C1)NC(=O)C1CCCCC1. The van der Waals surface area contributed by atoms with Gasteiger partial charge in [-0.05, 0) is 45.4 Å². The van der Waals surface area contributed by atoms with Gasteiger partial charge in [0.2, 0.25) is 11.8 Å². The summed E-state index contributed by atoms with van der Waals surface area (Å²) in [6, 6.07) is 0.0432. The van der Waals surface area contributed by atoms with Crippen LogP contribution in [-0.2, 0) is 9.59 Å². The third-order valence-corrected chi connectivity index (χ3v) is 5.40. The molecule has 132 valence electrons. The van der Waals surface area contributed by atoms with E-state index in [1.165, 1.54) is 6.42 Å². The van der Waals surface area contributed by atoms with Crippen LogP contribution in [0.15, 0.2) is 0 Å². The Morgan fingerprint density at radius 2 is 1.83 bits per heavy atom. The lowest BCUT2D eigenvalue weighted by Gasteiger charge is -2.35. The van der Waals surface area contributed by atoms with Crippen LogP contribution in [0.1, 0.15) is 65.2 Å². The second kappa shape index (κ2) is 8.67. The molecule has 1 heterocycles. The Labute approximate surface area is 140 Å². The topological polar surface area (TPSA) is 75.4 Å². The maximum absolute atomic E-state index is 12.5. The van der Waals surface area contributed by atoms with Crippen LogP contribution >= 0.6 is 0 Å². The van der Waals surface area contributed by atoms with Crippen molar-refractivity contribution in [3.8, 4) is 0 Å². The van der Waals surface area contributed by atoms with E-state index in [-0.39, 0.29) is 29.8 Å². The zero-order valence-corrected chi connectivity index (χ0v) is 14.7. The number of carbonyl (C=O) groups is 2. The summed E-state index contributed by atoms with van der Waals surface area (Å²) in [7, 11) is 0. The number of nitrogens with two attached hydrogens (primary N) is 1. The van der Waals surface area contributed by atoms with Crippen LogP contribution < -0.4 is 11.1 Å². The van der Waals surface area contributed by atoms with Gasteiger partial charge >= 0.3 is 0 Å². The standard InChI is InChI=1S/C18H33N3O2/c1-13(20-18(23)15-7-4-3-5-8-15)11-17(22)21-10-6-9-16(12-21)14(2)19/h13-16H,3-12,19H2,1-2H3,(H,20,23). The molecule has 5 nitrogen and oxygen atoms in total. The number of amides is 2. The molecule has 1 saturated carbocycles. The Bertz CT molecular complexity index is 405. The molecule has 2 rings (SSSR count). The lowest BCUT2D eigenvalue weighted by atomic mass is 9.88. The fraction of sp³-hybridized carbons (Fsp3) is 0.889. The van der Waals surface area contributed by atoms with Crippen LogP contribution in [0.2, 0.25) is 0 Å². The molecule has 0 bridgehead atoms. The summed E-state index contributed by atoms with van der Waals surface area (Å²) in [6.45, 7) is 5.54. The zero-order valence-electron chi connectivity index (χ0n) is 14.7. The number of hydrogen-bond donors (Lipinski definition) is 2. The van der Waals surface area contributed by atoms with Gasteiger partial charge in [0.15, 0.2) is 0 Å².